The number of carbonyl (C=O) groups is 3. The number of allylic oxidation sites excluding steroid dienone is 7. The predicted molar refractivity (Wildman–Crippen MR) is 244 cm³/mol. The molecular weight excluding hydrogens is 957 g/mol. The Bertz CT molecular complexity index is 3010. The van der Waals surface area contributed by atoms with Crippen LogP contribution in [0.5, 0.6) is 0 Å². The van der Waals surface area contributed by atoms with Gasteiger partial charge in [-0.25, -0.2) is 4.79 Å². The van der Waals surface area contributed by atoms with E-state index in [1.54, 1.807) is 12.2 Å². The van der Waals surface area contributed by atoms with Gasteiger partial charge in [-0.2, -0.15) is 38.2 Å². The molecule has 0 bridgehead atoms. The first kappa shape index (κ1) is 51.3. The van der Waals surface area contributed by atoms with E-state index in [0.29, 0.717) is 63.9 Å². The van der Waals surface area contributed by atoms with Crippen molar-refractivity contribution in [2.24, 2.45) is 0 Å². The van der Waals surface area contributed by atoms with Crippen LogP contribution in [0.4, 0.5) is 11.4 Å². The maximum Gasteiger partial charge on any atom is 0.334 e. The largest absolute Gasteiger partial charge is 0.384 e. The number of hydrogen-bond acceptors (Lipinski definition) is 14. The fourth-order valence-corrected chi connectivity index (χ4v) is 10.9. The predicted octanol–water partition coefficient (Wildman–Crippen LogP) is 4.30. The summed E-state index contributed by atoms with van der Waals surface area (Å²) in [7, 11) is -17.8. The molecule has 2 amide bonds. The molecule has 6 rings (SSSR count). The summed E-state index contributed by atoms with van der Waals surface area (Å²) in [6.07, 6.45) is 8.45. The van der Waals surface area contributed by atoms with Gasteiger partial charge in [0.1, 0.15) is 6.54 Å². The Hall–Kier alpha value is -5.08. The van der Waals surface area contributed by atoms with Crippen molar-refractivity contribution in [2.75, 3.05) is 36.0 Å². The van der Waals surface area contributed by atoms with Gasteiger partial charge in [-0.3, -0.25) is 27.8 Å². The third-order valence-electron chi connectivity index (χ3n) is 12.1. The summed E-state index contributed by atoms with van der Waals surface area (Å²) >= 11 is 0. The molecule has 24 heteroatoms. The number of fused-ring (bicyclic) bond motifs is 2. The third-order valence-corrected chi connectivity index (χ3v) is 15.4. The normalized spacial score (nSPS) is 19.9. The molecule has 0 atom stereocenters. The molecule has 2 aromatic carbocycles. The molecule has 67 heavy (non-hydrogen) atoms. The smallest absolute Gasteiger partial charge is 0.334 e. The molecule has 5 N–H and O–H groups in total. The molecule has 3 heterocycles. The van der Waals surface area contributed by atoms with Gasteiger partial charge in [-0.05, 0) is 92.6 Å². The molecule has 1 fully saturated rings. The summed E-state index contributed by atoms with van der Waals surface area (Å²) in [5.74, 6) is -3.22. The number of hydrogen-bond donors (Lipinski definition) is 5. The van der Waals surface area contributed by atoms with E-state index < -0.39 is 80.6 Å². The lowest BCUT2D eigenvalue weighted by Crippen LogP contribution is -2.33. The Labute approximate surface area is 389 Å². The van der Waals surface area contributed by atoms with E-state index >= 15 is 0 Å². The van der Waals surface area contributed by atoms with E-state index in [-0.39, 0.29) is 61.5 Å². The Morgan fingerprint density at radius 1 is 0.761 bits per heavy atom. The fourth-order valence-electron chi connectivity index (χ4n) is 8.86. The second-order valence-corrected chi connectivity index (χ2v) is 23.6. The lowest BCUT2D eigenvalue weighted by Gasteiger charge is -2.28. The van der Waals surface area contributed by atoms with Crippen molar-refractivity contribution in [3.05, 3.63) is 94.4 Å². The topological polar surface area (TPSA) is 299 Å². The van der Waals surface area contributed by atoms with Gasteiger partial charge >= 0.3 is 5.97 Å². The molecule has 0 saturated carbocycles. The molecule has 20 nitrogen and oxygen atoms in total. The second-order valence-electron chi connectivity index (χ2n) is 17.6. The number of carbonyl (C=O) groups excluding carboxylic acids is 3. The van der Waals surface area contributed by atoms with Crippen molar-refractivity contribution in [1.82, 2.24) is 10.4 Å². The van der Waals surface area contributed by atoms with Crippen molar-refractivity contribution in [2.45, 2.75) is 99.7 Å². The van der Waals surface area contributed by atoms with E-state index in [9.17, 15) is 66.3 Å². The van der Waals surface area contributed by atoms with E-state index in [1.807, 2.05) is 49.3 Å². The second kappa shape index (κ2) is 19.1. The van der Waals surface area contributed by atoms with E-state index in [4.69, 9.17) is 4.84 Å². The lowest BCUT2D eigenvalue weighted by molar-refractivity contribution is -0.437. The van der Waals surface area contributed by atoms with E-state index in [1.165, 1.54) is 36.4 Å². The molecule has 3 aliphatic heterocycles. The third kappa shape index (κ3) is 11.8. The lowest BCUT2D eigenvalue weighted by atomic mass is 9.81. The zero-order valence-corrected chi connectivity index (χ0v) is 40.4. The molecule has 1 saturated heterocycles. The fraction of sp³-hybridized carbons (Fsp3) is 0.442. The van der Waals surface area contributed by atoms with Crippen LogP contribution in [0.2, 0.25) is 0 Å². The average molecular weight is 1010 g/mol. The number of hydroxylamine groups is 2. The van der Waals surface area contributed by atoms with Crippen LogP contribution in [0, 0.1) is 0 Å². The van der Waals surface area contributed by atoms with Crippen molar-refractivity contribution >= 4 is 75.3 Å². The molecule has 0 aromatic heterocycles. The standard InChI is InChI=1S/C43H52N4O16S4/c1-42(2)32-26-30(66(57,58)59)12-14-34(32)45(22-6-24-64(51,52)53)36(42)16-10-28-8-5-9-29(41(28)44-21-20-40(50)63-47-38(48)18-19-39(47)49)11-17-37-43(3,4)33-27-31(67(60,61)62)13-15-35(33)46(37)23-7-25-65(54,55)56/h10-17,26-27H,5-9,18-25H2,1-4H3,(H4,51,52,53,54,55,56,57,58,59,60,61,62)/p+1/b28-10+,36-16-. The highest BCUT2D eigenvalue weighted by Crippen LogP contribution is 2.49. The number of nitrogens with zero attached hydrogens (tertiary/aromatic N) is 3. The minimum atomic E-state index is -4.60. The van der Waals surface area contributed by atoms with E-state index in [0.717, 1.165) is 11.1 Å². The SMILES string of the molecule is CC1(C)C(/C=C/C2=C(NCCC(=O)ON3C(=O)CCC3=O)C(=C/C=C3\N(CCCS(=O)(=O)O)c4ccc(S(=O)(=O)O)cc4C3(C)C)/CCC2)=[N+](CCCS(=O)(=O)O)c2ccc(S(=O)(=O)O)cc21. The van der Waals surface area contributed by atoms with Crippen LogP contribution in [0.25, 0.3) is 0 Å². The minimum Gasteiger partial charge on any atom is -0.384 e. The van der Waals surface area contributed by atoms with Crippen LogP contribution in [0.1, 0.15) is 90.2 Å². The van der Waals surface area contributed by atoms with Gasteiger partial charge in [0.25, 0.3) is 52.3 Å². The quantitative estimate of drug-likeness (QED) is 0.0790. The van der Waals surface area contributed by atoms with Gasteiger partial charge in [-0.1, -0.05) is 26.0 Å². The van der Waals surface area contributed by atoms with E-state index in [2.05, 4.69) is 5.32 Å². The molecular formula is C43H53N4O16S4+. The first-order chi connectivity index (χ1) is 31.0. The van der Waals surface area contributed by atoms with Crippen molar-refractivity contribution in [3.63, 3.8) is 0 Å². The maximum absolute atomic E-state index is 12.9. The molecule has 2 aromatic rings. The highest BCUT2D eigenvalue weighted by atomic mass is 32.2. The summed E-state index contributed by atoms with van der Waals surface area (Å²) in [4.78, 5) is 43.4. The van der Waals surface area contributed by atoms with Crippen LogP contribution in [0.3, 0.4) is 0 Å². The Morgan fingerprint density at radius 3 is 1.97 bits per heavy atom. The minimum absolute atomic E-state index is 0.00229. The van der Waals surface area contributed by atoms with Crippen LogP contribution in [0.15, 0.2) is 93.0 Å². The highest BCUT2D eigenvalue weighted by Gasteiger charge is 2.45. The maximum atomic E-state index is 12.9. The number of rotatable bonds is 18. The number of amides is 2. The van der Waals surface area contributed by atoms with Gasteiger partial charge in [0, 0.05) is 72.6 Å². The first-order valence-corrected chi connectivity index (χ1v) is 27.3. The van der Waals surface area contributed by atoms with Crippen LogP contribution in [-0.2, 0) is 70.5 Å². The zero-order valence-electron chi connectivity index (χ0n) is 37.1. The average Bonchev–Trinajstić information content (AvgIpc) is 3.72. The molecule has 0 radical (unpaired) electrons. The van der Waals surface area contributed by atoms with Crippen molar-refractivity contribution in [1.29, 1.82) is 0 Å². The van der Waals surface area contributed by atoms with Gasteiger partial charge in [0.2, 0.25) is 5.69 Å². The molecule has 364 valence electrons. The number of nitrogens with one attached hydrogen (secondary N) is 1. The van der Waals surface area contributed by atoms with Gasteiger partial charge < -0.3 is 15.1 Å². The highest BCUT2D eigenvalue weighted by molar-refractivity contribution is 7.86. The summed E-state index contributed by atoms with van der Waals surface area (Å²) in [5, 5.41) is 3.78. The number of imide groups is 1. The van der Waals surface area contributed by atoms with Gasteiger partial charge in [0.05, 0.1) is 33.1 Å². The summed E-state index contributed by atoms with van der Waals surface area (Å²) in [6.45, 7) is 7.49. The molecule has 1 aliphatic carbocycles. The Morgan fingerprint density at radius 2 is 1.36 bits per heavy atom. The Balaban J connectivity index is 1.44. The number of benzene rings is 2. The van der Waals surface area contributed by atoms with Crippen LogP contribution >= 0.6 is 0 Å². The molecule has 0 spiro atoms. The summed E-state index contributed by atoms with van der Waals surface area (Å²) in [5.41, 5.74) is 3.62. The summed E-state index contributed by atoms with van der Waals surface area (Å²) in [6, 6.07) is 8.19. The molecule has 4 aliphatic rings. The monoisotopic (exact) mass is 1010 g/mol. The zero-order chi connectivity index (χ0) is 49.5. The molecule has 0 unspecified atom stereocenters. The van der Waals surface area contributed by atoms with Crippen molar-refractivity contribution in [3.8, 4) is 0 Å². The van der Waals surface area contributed by atoms with Gasteiger partial charge in [0.15, 0.2) is 5.71 Å². The summed E-state index contributed by atoms with van der Waals surface area (Å²) < 4.78 is 136. The number of anilines is 1. The Kier molecular flexibility index (Phi) is 14.7. The van der Waals surface area contributed by atoms with Gasteiger partial charge in [-0.15, -0.1) is 5.06 Å². The van der Waals surface area contributed by atoms with Crippen LogP contribution < -0.4 is 10.2 Å². The van der Waals surface area contributed by atoms with Crippen molar-refractivity contribution < 1.29 is 75.7 Å². The first-order valence-electron chi connectivity index (χ1n) is 21.2. The van der Waals surface area contributed by atoms with Crippen LogP contribution in [-0.4, -0.2) is 116 Å².